The van der Waals surface area contributed by atoms with Gasteiger partial charge < -0.3 is 10.2 Å². The summed E-state index contributed by atoms with van der Waals surface area (Å²) in [6, 6.07) is 11.0. The van der Waals surface area contributed by atoms with Crippen LogP contribution in [0.2, 0.25) is 0 Å². The highest BCUT2D eigenvalue weighted by Crippen LogP contribution is 2.16. The van der Waals surface area contributed by atoms with Crippen LogP contribution in [0.4, 0.5) is 10.1 Å². The summed E-state index contributed by atoms with van der Waals surface area (Å²) in [5.74, 6) is 0.179. The lowest BCUT2D eigenvalue weighted by Crippen LogP contribution is -2.42. The molecule has 0 saturated heterocycles. The molecule has 164 valence electrons. The maximum Gasteiger partial charge on any atom is 0.270 e. The largest absolute Gasteiger partial charge is 0.355 e. The first-order chi connectivity index (χ1) is 13.7. The molecular formula is C18H23FIN5O4S. The minimum Gasteiger partial charge on any atom is -0.355 e. The summed E-state index contributed by atoms with van der Waals surface area (Å²) in [6.45, 7) is 0.684. The molecule has 0 fully saturated rings. The molecule has 9 nitrogen and oxygen atoms in total. The van der Waals surface area contributed by atoms with Gasteiger partial charge in [0.15, 0.2) is 5.96 Å². The van der Waals surface area contributed by atoms with Gasteiger partial charge in [0.2, 0.25) is 10.0 Å². The predicted molar refractivity (Wildman–Crippen MR) is 123 cm³/mol. The predicted octanol–water partition coefficient (Wildman–Crippen LogP) is 2.34. The number of rotatable bonds is 8. The Bertz CT molecular complexity index is 1000. The number of benzene rings is 2. The lowest BCUT2D eigenvalue weighted by Gasteiger charge is -2.22. The van der Waals surface area contributed by atoms with Crippen molar-refractivity contribution in [1.29, 1.82) is 0 Å². The summed E-state index contributed by atoms with van der Waals surface area (Å²) >= 11 is 0. The van der Waals surface area contributed by atoms with Crippen LogP contribution in [0.1, 0.15) is 5.56 Å². The molecule has 0 atom stereocenters. The zero-order valence-corrected chi connectivity index (χ0v) is 19.6. The van der Waals surface area contributed by atoms with Gasteiger partial charge in [0.05, 0.1) is 9.82 Å². The zero-order valence-electron chi connectivity index (χ0n) is 16.4. The van der Waals surface area contributed by atoms with Gasteiger partial charge in [-0.2, -0.15) is 0 Å². The second kappa shape index (κ2) is 11.8. The number of nitro benzene ring substituents is 1. The second-order valence-corrected chi connectivity index (χ2v) is 7.88. The molecular weight excluding hydrogens is 528 g/mol. The molecule has 0 spiro atoms. The van der Waals surface area contributed by atoms with E-state index in [9.17, 15) is 22.9 Å². The topological polar surface area (TPSA) is 117 Å². The van der Waals surface area contributed by atoms with Crippen LogP contribution < -0.4 is 10.0 Å². The highest BCUT2D eigenvalue weighted by Gasteiger charge is 2.17. The summed E-state index contributed by atoms with van der Waals surface area (Å²) in [6.07, 6.45) is 0. The van der Waals surface area contributed by atoms with Gasteiger partial charge >= 0.3 is 0 Å². The van der Waals surface area contributed by atoms with Gasteiger partial charge in [-0.05, 0) is 23.8 Å². The molecule has 2 rings (SSSR count). The maximum atomic E-state index is 13.3. The first-order valence-corrected chi connectivity index (χ1v) is 10.1. The molecule has 12 heteroatoms. The number of hydrogen-bond donors (Lipinski definition) is 2. The minimum atomic E-state index is -3.88. The van der Waals surface area contributed by atoms with E-state index in [0.29, 0.717) is 12.5 Å². The minimum absolute atomic E-state index is 0. The Morgan fingerprint density at radius 1 is 1.20 bits per heavy atom. The standard InChI is InChI=1S/C18H22FN5O4S.HI/c1-20-18(23(2)13-14-5-3-6-15(19)11-14)21-9-10-22-29(27,28)17-8-4-7-16(12-17)24(25)26;/h3-8,11-12,22H,9-10,13H2,1-2H3,(H,20,21);1H. The van der Waals surface area contributed by atoms with Crippen molar-refractivity contribution in [3.8, 4) is 0 Å². The summed E-state index contributed by atoms with van der Waals surface area (Å²) < 4.78 is 40.3. The number of guanidine groups is 1. The zero-order chi connectivity index (χ0) is 21.4. The molecule has 0 aromatic heterocycles. The molecule has 0 radical (unpaired) electrons. The van der Waals surface area contributed by atoms with Crippen molar-refractivity contribution in [1.82, 2.24) is 14.9 Å². The van der Waals surface area contributed by atoms with Gasteiger partial charge in [-0.3, -0.25) is 15.1 Å². The van der Waals surface area contributed by atoms with E-state index in [0.717, 1.165) is 11.6 Å². The van der Waals surface area contributed by atoms with Crippen LogP contribution in [-0.4, -0.2) is 51.4 Å². The van der Waals surface area contributed by atoms with Gasteiger partial charge in [-0.1, -0.05) is 18.2 Å². The highest BCUT2D eigenvalue weighted by atomic mass is 127. The smallest absolute Gasteiger partial charge is 0.270 e. The number of halogens is 2. The lowest BCUT2D eigenvalue weighted by molar-refractivity contribution is -0.385. The van der Waals surface area contributed by atoms with Crippen molar-refractivity contribution in [2.24, 2.45) is 4.99 Å². The number of non-ortho nitro benzene ring substituents is 1. The van der Waals surface area contributed by atoms with Crippen LogP contribution in [0.15, 0.2) is 58.4 Å². The Kier molecular flexibility index (Phi) is 10.1. The molecule has 0 unspecified atom stereocenters. The van der Waals surface area contributed by atoms with E-state index in [2.05, 4.69) is 15.0 Å². The van der Waals surface area contributed by atoms with Gasteiger partial charge in [0.1, 0.15) is 5.82 Å². The molecule has 0 aliphatic rings. The Hall–Kier alpha value is -2.32. The van der Waals surface area contributed by atoms with Gasteiger partial charge in [-0.25, -0.2) is 17.5 Å². The monoisotopic (exact) mass is 551 g/mol. The number of nitro groups is 1. The Labute approximate surface area is 191 Å². The molecule has 0 aliphatic carbocycles. The fraction of sp³-hybridized carbons (Fsp3) is 0.278. The van der Waals surface area contributed by atoms with Crippen LogP contribution in [-0.2, 0) is 16.6 Å². The first kappa shape index (κ1) is 25.7. The highest BCUT2D eigenvalue weighted by molar-refractivity contribution is 14.0. The molecule has 30 heavy (non-hydrogen) atoms. The van der Waals surface area contributed by atoms with Crippen LogP contribution in [0.25, 0.3) is 0 Å². The Balaban J connectivity index is 0.00000450. The van der Waals surface area contributed by atoms with Crippen LogP contribution in [0.3, 0.4) is 0 Å². The van der Waals surface area contributed by atoms with E-state index in [4.69, 9.17) is 0 Å². The molecule has 0 bridgehead atoms. The van der Waals surface area contributed by atoms with E-state index in [1.54, 1.807) is 31.1 Å². The molecule has 0 aliphatic heterocycles. The number of sulfonamides is 1. The van der Waals surface area contributed by atoms with Crippen molar-refractivity contribution in [3.63, 3.8) is 0 Å². The van der Waals surface area contributed by atoms with E-state index in [1.165, 1.54) is 30.3 Å². The fourth-order valence-electron chi connectivity index (χ4n) is 2.58. The Morgan fingerprint density at radius 3 is 2.53 bits per heavy atom. The molecule has 0 saturated carbocycles. The number of nitrogens with one attached hydrogen (secondary N) is 2. The van der Waals surface area contributed by atoms with E-state index >= 15 is 0 Å². The summed E-state index contributed by atoms with van der Waals surface area (Å²) in [5.41, 5.74) is 0.465. The quantitative estimate of drug-likeness (QED) is 0.130. The molecule has 0 heterocycles. The third-order valence-electron chi connectivity index (χ3n) is 3.92. The SMILES string of the molecule is CN=C(NCCNS(=O)(=O)c1cccc([N+](=O)[O-])c1)N(C)Cc1cccc(F)c1.I. The van der Waals surface area contributed by atoms with Crippen LogP contribution in [0.5, 0.6) is 0 Å². The maximum absolute atomic E-state index is 13.3. The van der Waals surface area contributed by atoms with Crippen molar-refractivity contribution < 1.29 is 17.7 Å². The van der Waals surface area contributed by atoms with Gasteiger partial charge in [0.25, 0.3) is 5.69 Å². The van der Waals surface area contributed by atoms with Crippen molar-refractivity contribution in [2.75, 3.05) is 27.2 Å². The van der Waals surface area contributed by atoms with Crippen molar-refractivity contribution >= 4 is 45.6 Å². The normalized spacial score (nSPS) is 11.5. The number of nitrogens with zero attached hydrogens (tertiary/aromatic N) is 3. The summed E-state index contributed by atoms with van der Waals surface area (Å²) in [7, 11) is -0.532. The third-order valence-corrected chi connectivity index (χ3v) is 5.38. The van der Waals surface area contributed by atoms with Crippen molar-refractivity contribution in [2.45, 2.75) is 11.4 Å². The average Bonchev–Trinajstić information content (AvgIpc) is 2.68. The molecule has 2 aromatic rings. The Morgan fingerprint density at radius 2 is 1.90 bits per heavy atom. The first-order valence-electron chi connectivity index (χ1n) is 8.63. The fourth-order valence-corrected chi connectivity index (χ4v) is 3.65. The molecule has 2 aromatic carbocycles. The van der Waals surface area contributed by atoms with Crippen molar-refractivity contribution in [3.05, 3.63) is 70.0 Å². The van der Waals surface area contributed by atoms with E-state index in [-0.39, 0.29) is 53.5 Å². The van der Waals surface area contributed by atoms with Gasteiger partial charge in [-0.15, -0.1) is 24.0 Å². The second-order valence-electron chi connectivity index (χ2n) is 6.11. The third kappa shape index (κ3) is 7.50. The lowest BCUT2D eigenvalue weighted by atomic mass is 10.2. The summed E-state index contributed by atoms with van der Waals surface area (Å²) in [4.78, 5) is 15.9. The molecule has 0 amide bonds. The summed E-state index contributed by atoms with van der Waals surface area (Å²) in [5, 5.41) is 13.8. The average molecular weight is 551 g/mol. The van der Waals surface area contributed by atoms with Crippen LogP contribution >= 0.6 is 24.0 Å². The van der Waals surface area contributed by atoms with E-state index < -0.39 is 14.9 Å². The molecule has 2 N–H and O–H groups in total. The number of aliphatic imine (C=N–C) groups is 1. The van der Waals surface area contributed by atoms with Gasteiger partial charge in [0, 0.05) is 45.9 Å². The van der Waals surface area contributed by atoms with Crippen LogP contribution in [0, 0.1) is 15.9 Å². The van der Waals surface area contributed by atoms with E-state index in [1.807, 2.05) is 0 Å². The number of hydrogen-bond acceptors (Lipinski definition) is 5.